The van der Waals surface area contributed by atoms with Crippen molar-refractivity contribution in [1.29, 1.82) is 0 Å². The zero-order valence-electron chi connectivity index (χ0n) is 12.3. The molecule has 1 heterocycles. The van der Waals surface area contributed by atoms with Crippen molar-refractivity contribution >= 4 is 28.2 Å². The van der Waals surface area contributed by atoms with Crippen molar-refractivity contribution in [2.45, 2.75) is 6.18 Å². The largest absolute Gasteiger partial charge is 0.416 e. The lowest BCUT2D eigenvalue weighted by Gasteiger charge is -2.12. The van der Waals surface area contributed by atoms with Crippen LogP contribution in [0.3, 0.4) is 0 Å². The Hall–Kier alpha value is -3.09. The summed E-state index contributed by atoms with van der Waals surface area (Å²) in [5.74, 6) is -0.532. The number of primary amides is 1. The number of nitrogens with two attached hydrogens (primary N) is 1. The highest BCUT2D eigenvalue weighted by molar-refractivity contribution is 5.95. The standard InChI is InChI=1S/C17H12F3N3O/c18-17(19,20)11-3-6-13-14(7-8-22-15(13)9-11)23-12-4-1-10(2-5-12)16(21)24/h1-9H,(H2,21,24)(H,22,23). The van der Waals surface area contributed by atoms with Crippen LogP contribution in [0.5, 0.6) is 0 Å². The van der Waals surface area contributed by atoms with Gasteiger partial charge in [-0.3, -0.25) is 9.78 Å². The molecule has 0 atom stereocenters. The second-order valence-corrected chi connectivity index (χ2v) is 5.15. The molecule has 122 valence electrons. The lowest BCUT2D eigenvalue weighted by Crippen LogP contribution is -2.10. The molecule has 0 aliphatic heterocycles. The smallest absolute Gasteiger partial charge is 0.366 e. The average Bonchev–Trinajstić information content (AvgIpc) is 2.54. The number of halogens is 3. The molecule has 0 radical (unpaired) electrons. The monoisotopic (exact) mass is 331 g/mol. The first kappa shape index (κ1) is 15.8. The Balaban J connectivity index is 1.96. The third kappa shape index (κ3) is 3.15. The van der Waals surface area contributed by atoms with Gasteiger partial charge in [-0.15, -0.1) is 0 Å². The van der Waals surface area contributed by atoms with E-state index < -0.39 is 17.6 Å². The third-order valence-electron chi connectivity index (χ3n) is 3.52. The molecule has 1 amide bonds. The highest BCUT2D eigenvalue weighted by Gasteiger charge is 2.30. The summed E-state index contributed by atoms with van der Waals surface area (Å²) in [6, 6.07) is 11.5. The minimum absolute atomic E-state index is 0.239. The van der Waals surface area contributed by atoms with Crippen LogP contribution in [0.4, 0.5) is 24.5 Å². The fourth-order valence-corrected chi connectivity index (χ4v) is 2.31. The van der Waals surface area contributed by atoms with Crippen molar-refractivity contribution in [2.24, 2.45) is 5.73 Å². The van der Waals surface area contributed by atoms with E-state index in [2.05, 4.69) is 10.3 Å². The van der Waals surface area contributed by atoms with Crippen LogP contribution in [0.2, 0.25) is 0 Å². The van der Waals surface area contributed by atoms with Crippen LogP contribution in [0, 0.1) is 0 Å². The number of hydrogen-bond acceptors (Lipinski definition) is 3. The lowest BCUT2D eigenvalue weighted by molar-refractivity contribution is -0.137. The molecule has 3 aromatic rings. The molecule has 4 nitrogen and oxygen atoms in total. The Kier molecular flexibility index (Phi) is 3.84. The number of fused-ring (bicyclic) bond motifs is 1. The van der Waals surface area contributed by atoms with Gasteiger partial charge in [-0.25, -0.2) is 0 Å². The van der Waals surface area contributed by atoms with Crippen LogP contribution < -0.4 is 11.1 Å². The molecule has 0 unspecified atom stereocenters. The van der Waals surface area contributed by atoms with Crippen molar-refractivity contribution < 1.29 is 18.0 Å². The highest BCUT2D eigenvalue weighted by atomic mass is 19.4. The molecule has 0 saturated heterocycles. The molecule has 7 heteroatoms. The van der Waals surface area contributed by atoms with Crippen molar-refractivity contribution in [3.63, 3.8) is 0 Å². The fourth-order valence-electron chi connectivity index (χ4n) is 2.31. The summed E-state index contributed by atoms with van der Waals surface area (Å²) in [5.41, 5.74) is 6.33. The number of hydrogen-bond donors (Lipinski definition) is 2. The zero-order valence-corrected chi connectivity index (χ0v) is 12.3. The normalized spacial score (nSPS) is 11.5. The van der Waals surface area contributed by atoms with Gasteiger partial charge < -0.3 is 11.1 Å². The molecule has 0 bridgehead atoms. The van der Waals surface area contributed by atoms with Crippen LogP contribution in [-0.2, 0) is 6.18 Å². The number of aromatic nitrogens is 1. The number of anilines is 2. The number of carbonyl (C=O) groups excluding carboxylic acids is 1. The minimum atomic E-state index is -4.41. The number of nitrogens with zero attached hydrogens (tertiary/aromatic N) is 1. The van der Waals surface area contributed by atoms with Crippen LogP contribution in [0.25, 0.3) is 10.9 Å². The summed E-state index contributed by atoms with van der Waals surface area (Å²) in [5, 5.41) is 3.66. The van der Waals surface area contributed by atoms with Crippen LogP contribution in [-0.4, -0.2) is 10.9 Å². The number of alkyl halides is 3. The van der Waals surface area contributed by atoms with Gasteiger partial charge >= 0.3 is 6.18 Å². The predicted octanol–water partition coefficient (Wildman–Crippen LogP) is 4.10. The molecule has 0 aliphatic carbocycles. The van der Waals surface area contributed by atoms with Gasteiger partial charge in [-0.2, -0.15) is 13.2 Å². The van der Waals surface area contributed by atoms with E-state index in [1.807, 2.05) is 0 Å². The number of pyridine rings is 1. The Bertz CT molecular complexity index is 905. The Labute approximate surface area is 135 Å². The van der Waals surface area contributed by atoms with E-state index in [4.69, 9.17) is 5.73 Å². The van der Waals surface area contributed by atoms with E-state index in [1.165, 1.54) is 12.3 Å². The fraction of sp³-hybridized carbons (Fsp3) is 0.0588. The second kappa shape index (κ2) is 5.84. The topological polar surface area (TPSA) is 68.0 Å². The average molecular weight is 331 g/mol. The van der Waals surface area contributed by atoms with Crippen LogP contribution in [0.15, 0.2) is 54.7 Å². The van der Waals surface area contributed by atoms with E-state index in [-0.39, 0.29) is 5.52 Å². The molecule has 24 heavy (non-hydrogen) atoms. The van der Waals surface area contributed by atoms with E-state index in [0.717, 1.165) is 12.1 Å². The summed E-state index contributed by atoms with van der Waals surface area (Å²) in [6.45, 7) is 0. The van der Waals surface area contributed by atoms with E-state index in [9.17, 15) is 18.0 Å². The minimum Gasteiger partial charge on any atom is -0.366 e. The maximum Gasteiger partial charge on any atom is 0.416 e. The maximum atomic E-state index is 12.8. The first-order valence-corrected chi connectivity index (χ1v) is 6.97. The van der Waals surface area contributed by atoms with Crippen molar-refractivity contribution in [2.75, 3.05) is 5.32 Å². The molecular weight excluding hydrogens is 319 g/mol. The molecule has 2 aromatic carbocycles. The van der Waals surface area contributed by atoms with Crippen LogP contribution >= 0.6 is 0 Å². The number of nitrogens with one attached hydrogen (secondary N) is 1. The Morgan fingerprint density at radius 2 is 1.75 bits per heavy atom. The maximum absolute atomic E-state index is 12.8. The van der Waals surface area contributed by atoms with Gasteiger partial charge in [-0.05, 0) is 42.5 Å². The number of amides is 1. The number of carbonyl (C=O) groups is 1. The predicted molar refractivity (Wildman–Crippen MR) is 85.0 cm³/mol. The van der Waals surface area contributed by atoms with Gasteiger partial charge in [0.05, 0.1) is 11.1 Å². The molecule has 1 aromatic heterocycles. The first-order valence-electron chi connectivity index (χ1n) is 6.97. The molecule has 0 spiro atoms. The zero-order chi connectivity index (χ0) is 17.3. The first-order chi connectivity index (χ1) is 11.3. The molecule has 3 N–H and O–H groups in total. The quantitative estimate of drug-likeness (QED) is 0.759. The molecule has 0 aliphatic rings. The van der Waals surface area contributed by atoms with Crippen molar-refractivity contribution in [3.05, 3.63) is 65.9 Å². The van der Waals surface area contributed by atoms with E-state index >= 15 is 0 Å². The number of rotatable bonds is 3. The highest BCUT2D eigenvalue weighted by Crippen LogP contribution is 2.33. The molecular formula is C17H12F3N3O. The summed E-state index contributed by atoms with van der Waals surface area (Å²) < 4.78 is 38.4. The van der Waals surface area contributed by atoms with Gasteiger partial charge in [0, 0.05) is 28.5 Å². The molecule has 0 saturated carbocycles. The Morgan fingerprint density at radius 3 is 2.38 bits per heavy atom. The molecule has 3 rings (SSSR count). The third-order valence-corrected chi connectivity index (χ3v) is 3.52. The van der Waals surface area contributed by atoms with Gasteiger partial charge in [0.1, 0.15) is 0 Å². The Morgan fingerprint density at radius 1 is 1.04 bits per heavy atom. The van der Waals surface area contributed by atoms with E-state index in [0.29, 0.717) is 22.3 Å². The van der Waals surface area contributed by atoms with Gasteiger partial charge in [0.2, 0.25) is 5.91 Å². The number of benzene rings is 2. The molecule has 0 fully saturated rings. The van der Waals surface area contributed by atoms with Gasteiger partial charge in [0.25, 0.3) is 0 Å². The summed E-state index contributed by atoms with van der Waals surface area (Å²) >= 11 is 0. The van der Waals surface area contributed by atoms with E-state index in [1.54, 1.807) is 30.3 Å². The summed E-state index contributed by atoms with van der Waals surface area (Å²) in [6.07, 6.45) is -2.98. The van der Waals surface area contributed by atoms with Gasteiger partial charge in [0.15, 0.2) is 0 Å². The van der Waals surface area contributed by atoms with Crippen LogP contribution in [0.1, 0.15) is 15.9 Å². The van der Waals surface area contributed by atoms with Crippen molar-refractivity contribution in [3.8, 4) is 0 Å². The van der Waals surface area contributed by atoms with Crippen molar-refractivity contribution in [1.82, 2.24) is 4.98 Å². The summed E-state index contributed by atoms with van der Waals surface area (Å²) in [7, 11) is 0. The summed E-state index contributed by atoms with van der Waals surface area (Å²) in [4.78, 5) is 15.1. The SMILES string of the molecule is NC(=O)c1ccc(Nc2ccnc3cc(C(F)(F)F)ccc23)cc1. The second-order valence-electron chi connectivity index (χ2n) is 5.15. The lowest BCUT2D eigenvalue weighted by atomic mass is 10.1. The van der Waals surface area contributed by atoms with Gasteiger partial charge in [-0.1, -0.05) is 6.07 Å².